The van der Waals surface area contributed by atoms with Crippen LogP contribution in [-0.2, 0) is 4.79 Å². The van der Waals surface area contributed by atoms with Gasteiger partial charge in [-0.1, -0.05) is 23.9 Å². The van der Waals surface area contributed by atoms with Gasteiger partial charge in [0.05, 0.1) is 34.7 Å². The van der Waals surface area contributed by atoms with Crippen LogP contribution >= 0.6 is 23.1 Å². The quantitative estimate of drug-likeness (QED) is 0.227. The first-order valence-corrected chi connectivity index (χ1v) is 13.9. The largest absolute Gasteiger partial charge is 0.494 e. The van der Waals surface area contributed by atoms with Gasteiger partial charge in [-0.2, -0.15) is 4.48 Å². The number of amides is 3. The van der Waals surface area contributed by atoms with Gasteiger partial charge in [-0.3, -0.25) is 5.32 Å². The zero-order valence-electron chi connectivity index (χ0n) is 20.3. The molecule has 1 unspecified atom stereocenters. The zero-order chi connectivity index (χ0) is 25.1. The molecule has 1 N–H and O–H groups in total. The van der Waals surface area contributed by atoms with Crippen LogP contribution in [0.25, 0.3) is 15.9 Å². The molecule has 7 nitrogen and oxygen atoms in total. The van der Waals surface area contributed by atoms with Crippen molar-refractivity contribution in [2.75, 3.05) is 24.2 Å². The van der Waals surface area contributed by atoms with Crippen LogP contribution in [0.1, 0.15) is 26.7 Å². The Balaban J connectivity index is 1.35. The maximum Gasteiger partial charge on any atom is 0.428 e. The van der Waals surface area contributed by atoms with Crippen molar-refractivity contribution in [2.45, 2.75) is 37.1 Å². The Morgan fingerprint density at radius 1 is 1.19 bits per heavy atom. The standard InChI is InChI=1S/C27H28N4O3S2/c1-3-34-20-12-13-22-24(17-20)36-27(29-22)35-18-25(32)31(16-8-9-19(31)2)26(33)28-21-10-4-5-11-23(21)30-14-6-7-15-30/h4-7,10-15,17,19H,3,8-9,16,18H2,1-2H3/p+1/t19-,31?/m1/s1. The summed E-state index contributed by atoms with van der Waals surface area (Å²) in [6, 6.07) is 17.0. The molecule has 3 amide bonds. The number of carbonyl (C=O) groups excluding carboxylic acids is 2. The summed E-state index contributed by atoms with van der Waals surface area (Å²) in [5.74, 6) is 0.915. The average molecular weight is 522 g/mol. The van der Waals surface area contributed by atoms with Gasteiger partial charge in [0.25, 0.3) is 0 Å². The van der Waals surface area contributed by atoms with Gasteiger partial charge in [-0.25, -0.2) is 14.6 Å². The van der Waals surface area contributed by atoms with Gasteiger partial charge in [-0.15, -0.1) is 11.3 Å². The maximum atomic E-state index is 13.8. The van der Waals surface area contributed by atoms with Crippen LogP contribution in [0.15, 0.2) is 71.3 Å². The lowest BCUT2D eigenvalue weighted by Gasteiger charge is -2.33. The Labute approximate surface area is 218 Å². The molecule has 0 saturated carbocycles. The molecule has 0 spiro atoms. The minimum atomic E-state index is -0.268. The predicted octanol–water partition coefficient (Wildman–Crippen LogP) is 6.34. The first kappa shape index (κ1) is 24.5. The molecule has 1 fully saturated rings. The summed E-state index contributed by atoms with van der Waals surface area (Å²) in [6.07, 6.45) is 5.55. The highest BCUT2D eigenvalue weighted by molar-refractivity contribution is 8.01. The first-order chi connectivity index (χ1) is 17.5. The molecule has 3 heterocycles. The van der Waals surface area contributed by atoms with Gasteiger partial charge in [-0.05, 0) is 56.3 Å². The van der Waals surface area contributed by atoms with Crippen molar-refractivity contribution in [3.8, 4) is 11.4 Å². The van der Waals surface area contributed by atoms with Crippen LogP contribution in [0.5, 0.6) is 5.75 Å². The topological polar surface area (TPSA) is 73.2 Å². The normalized spacial score (nSPS) is 19.4. The molecule has 2 aromatic carbocycles. The lowest BCUT2D eigenvalue weighted by atomic mass is 10.2. The third-order valence-corrected chi connectivity index (χ3v) is 8.84. The van der Waals surface area contributed by atoms with Crippen molar-refractivity contribution >= 4 is 50.9 Å². The van der Waals surface area contributed by atoms with Gasteiger partial charge >= 0.3 is 11.9 Å². The van der Waals surface area contributed by atoms with E-state index in [0.717, 1.165) is 38.8 Å². The van der Waals surface area contributed by atoms with Gasteiger partial charge in [0.1, 0.15) is 17.5 Å². The Bertz CT molecular complexity index is 1380. The zero-order valence-corrected chi connectivity index (χ0v) is 22.0. The molecule has 36 heavy (non-hydrogen) atoms. The van der Waals surface area contributed by atoms with Crippen molar-refractivity contribution < 1.29 is 18.8 Å². The van der Waals surface area contributed by atoms with Crippen LogP contribution in [0.2, 0.25) is 0 Å². The summed E-state index contributed by atoms with van der Waals surface area (Å²) in [6.45, 7) is 5.07. The number of imide groups is 1. The van der Waals surface area contributed by atoms with Gasteiger partial charge in [0.2, 0.25) is 0 Å². The number of benzene rings is 2. The lowest BCUT2D eigenvalue weighted by molar-refractivity contribution is -0.781. The number of nitrogens with one attached hydrogen (secondary N) is 1. The Kier molecular flexibility index (Phi) is 7.13. The van der Waals surface area contributed by atoms with E-state index in [4.69, 9.17) is 4.74 Å². The van der Waals surface area contributed by atoms with E-state index in [1.165, 1.54) is 11.8 Å². The van der Waals surface area contributed by atoms with E-state index in [9.17, 15) is 9.59 Å². The van der Waals surface area contributed by atoms with E-state index in [0.29, 0.717) is 18.8 Å². The number of hydrogen-bond donors (Lipinski definition) is 1. The molecule has 2 aromatic heterocycles. The number of urea groups is 1. The molecule has 0 aliphatic carbocycles. The molecule has 2 atom stereocenters. The minimum absolute atomic E-state index is 0.0824. The second-order valence-corrected chi connectivity index (χ2v) is 11.1. The molecule has 1 aliphatic heterocycles. The molecule has 1 saturated heterocycles. The molecule has 186 valence electrons. The Morgan fingerprint density at radius 3 is 2.75 bits per heavy atom. The van der Waals surface area contributed by atoms with Crippen molar-refractivity contribution in [2.24, 2.45) is 0 Å². The molecule has 0 bridgehead atoms. The Morgan fingerprint density at radius 2 is 2.00 bits per heavy atom. The molecule has 5 rings (SSSR count). The Hall–Kier alpha value is -3.14. The van der Waals surface area contributed by atoms with Crippen molar-refractivity contribution in [3.63, 3.8) is 0 Å². The fourth-order valence-corrected chi connectivity index (χ4v) is 6.87. The SMILES string of the molecule is CCOc1ccc2nc(SCC(=O)[N+]3(C(=O)Nc4ccccc4-n4cccc4)CCC[C@H]3C)sc2c1. The molecule has 4 aromatic rings. The van der Waals surface area contributed by atoms with E-state index in [1.54, 1.807) is 11.3 Å². The van der Waals surface area contributed by atoms with Crippen molar-refractivity contribution in [1.29, 1.82) is 0 Å². The number of ether oxygens (including phenoxy) is 1. The van der Waals surface area contributed by atoms with Gasteiger partial charge in [0.15, 0.2) is 4.34 Å². The van der Waals surface area contributed by atoms with E-state index >= 15 is 0 Å². The highest BCUT2D eigenvalue weighted by atomic mass is 32.2. The lowest BCUT2D eigenvalue weighted by Crippen LogP contribution is -2.61. The number of para-hydroxylation sites is 2. The van der Waals surface area contributed by atoms with Crippen LogP contribution in [0, 0.1) is 0 Å². The monoisotopic (exact) mass is 521 g/mol. The summed E-state index contributed by atoms with van der Waals surface area (Å²) in [5, 5.41) is 3.09. The van der Waals surface area contributed by atoms with Crippen molar-refractivity contribution in [3.05, 3.63) is 67.0 Å². The second-order valence-electron chi connectivity index (χ2n) is 8.85. The van der Waals surface area contributed by atoms with Crippen LogP contribution in [0.4, 0.5) is 10.5 Å². The molecule has 0 radical (unpaired) electrons. The molecular formula is C27H29N4O3S2+. The number of aromatic nitrogens is 2. The summed E-state index contributed by atoms with van der Waals surface area (Å²) in [5.41, 5.74) is 2.44. The predicted molar refractivity (Wildman–Crippen MR) is 145 cm³/mol. The van der Waals surface area contributed by atoms with Crippen LogP contribution in [-0.4, -0.2) is 50.9 Å². The summed E-state index contributed by atoms with van der Waals surface area (Å²) in [7, 11) is 0. The molecule has 9 heteroatoms. The number of quaternary nitrogens is 1. The fraction of sp³-hybridized carbons (Fsp3) is 0.296. The smallest absolute Gasteiger partial charge is 0.428 e. The number of nitrogens with zero attached hydrogens (tertiary/aromatic N) is 3. The summed E-state index contributed by atoms with van der Waals surface area (Å²) >= 11 is 2.95. The van der Waals surface area contributed by atoms with Gasteiger partial charge < -0.3 is 9.30 Å². The minimum Gasteiger partial charge on any atom is -0.494 e. The number of rotatable bonds is 7. The number of carbonyl (C=O) groups is 2. The maximum absolute atomic E-state index is 13.8. The third-order valence-electron chi connectivity index (χ3n) is 6.69. The van der Waals surface area contributed by atoms with E-state index < -0.39 is 0 Å². The number of likely N-dealkylation sites (tertiary alicyclic amines) is 1. The summed E-state index contributed by atoms with van der Waals surface area (Å²) < 4.78 is 9.19. The van der Waals surface area contributed by atoms with E-state index in [-0.39, 0.29) is 28.2 Å². The number of anilines is 1. The van der Waals surface area contributed by atoms with Crippen molar-refractivity contribution in [1.82, 2.24) is 9.55 Å². The highest BCUT2D eigenvalue weighted by Gasteiger charge is 2.52. The second kappa shape index (κ2) is 10.5. The van der Waals surface area contributed by atoms with Crippen LogP contribution in [0.3, 0.4) is 0 Å². The van der Waals surface area contributed by atoms with Crippen LogP contribution < -0.4 is 10.1 Å². The number of thiazole rings is 1. The molecule has 1 aliphatic rings. The number of hydrogen-bond acceptors (Lipinski definition) is 6. The van der Waals surface area contributed by atoms with Gasteiger partial charge in [0, 0.05) is 25.2 Å². The first-order valence-electron chi connectivity index (χ1n) is 12.1. The fourth-order valence-electron chi connectivity index (χ4n) is 4.82. The number of thioether (sulfide) groups is 1. The third kappa shape index (κ3) is 4.66. The highest BCUT2D eigenvalue weighted by Crippen LogP contribution is 2.35. The van der Waals surface area contributed by atoms with E-state index in [2.05, 4.69) is 10.3 Å². The van der Waals surface area contributed by atoms with E-state index in [1.807, 2.05) is 85.4 Å². The number of fused-ring (bicyclic) bond motifs is 1. The molecular weight excluding hydrogens is 492 g/mol. The average Bonchev–Trinajstić information content (AvgIpc) is 3.63. The summed E-state index contributed by atoms with van der Waals surface area (Å²) in [4.78, 5) is 32.1.